The van der Waals surface area contributed by atoms with E-state index in [1.54, 1.807) is 0 Å². The molecule has 2 nitrogen and oxygen atoms in total. The average Bonchev–Trinajstić information content (AvgIpc) is 2.60. The lowest BCUT2D eigenvalue weighted by Gasteiger charge is -2.42. The van der Waals surface area contributed by atoms with Crippen molar-refractivity contribution in [2.24, 2.45) is 11.8 Å². The lowest BCUT2D eigenvalue weighted by atomic mass is 9.91. The number of benzene rings is 1. The Balaban J connectivity index is 3.14. The summed E-state index contributed by atoms with van der Waals surface area (Å²) in [7, 11) is 0. The lowest BCUT2D eigenvalue weighted by Crippen LogP contribution is -2.44. The van der Waals surface area contributed by atoms with Gasteiger partial charge < -0.3 is 10.6 Å². The first-order chi connectivity index (χ1) is 11.5. The Hall–Kier alpha value is -1.18. The summed E-state index contributed by atoms with van der Waals surface area (Å²) >= 11 is 0. The molecule has 0 spiro atoms. The van der Waals surface area contributed by atoms with E-state index in [0.29, 0.717) is 12.1 Å². The third-order valence-electron chi connectivity index (χ3n) is 5.66. The summed E-state index contributed by atoms with van der Waals surface area (Å²) in [4.78, 5) is 2.72. The first kappa shape index (κ1) is 20.9. The zero-order chi connectivity index (χ0) is 18.1. The standard InChI is InChI=1S/C22H40N2/c1-7-17(5)15-20(9-3)24(21(10-4)16-18(6)8-2)22-13-11-19(23)12-14-22/h11-14,17-18,20-21H,7-10,15-16,23H2,1-6H3. The van der Waals surface area contributed by atoms with Crippen molar-refractivity contribution in [1.29, 1.82) is 0 Å². The van der Waals surface area contributed by atoms with Gasteiger partial charge in [-0.1, -0.05) is 54.4 Å². The molecule has 1 aromatic carbocycles. The largest absolute Gasteiger partial charge is 0.399 e. The molecule has 0 bridgehead atoms. The minimum Gasteiger partial charge on any atom is -0.399 e. The van der Waals surface area contributed by atoms with Crippen molar-refractivity contribution in [3.8, 4) is 0 Å². The molecule has 4 atom stereocenters. The molecule has 2 N–H and O–H groups in total. The van der Waals surface area contributed by atoms with Gasteiger partial charge in [0.15, 0.2) is 0 Å². The Bertz CT molecular complexity index is 420. The molecular weight excluding hydrogens is 292 g/mol. The summed E-state index contributed by atoms with van der Waals surface area (Å²) in [6, 6.07) is 9.75. The lowest BCUT2D eigenvalue weighted by molar-refractivity contribution is 0.355. The van der Waals surface area contributed by atoms with E-state index in [9.17, 15) is 0 Å². The van der Waals surface area contributed by atoms with Gasteiger partial charge in [-0.25, -0.2) is 0 Å². The second kappa shape index (κ2) is 10.6. The van der Waals surface area contributed by atoms with Crippen LogP contribution < -0.4 is 10.6 Å². The van der Waals surface area contributed by atoms with E-state index >= 15 is 0 Å². The van der Waals surface area contributed by atoms with Crippen LogP contribution >= 0.6 is 0 Å². The van der Waals surface area contributed by atoms with Crippen molar-refractivity contribution in [3.05, 3.63) is 24.3 Å². The first-order valence-corrected chi connectivity index (χ1v) is 10.1. The molecule has 0 aromatic heterocycles. The number of anilines is 2. The summed E-state index contributed by atoms with van der Waals surface area (Å²) < 4.78 is 0. The van der Waals surface area contributed by atoms with Gasteiger partial charge >= 0.3 is 0 Å². The molecule has 0 saturated heterocycles. The van der Waals surface area contributed by atoms with E-state index in [-0.39, 0.29) is 0 Å². The fourth-order valence-corrected chi connectivity index (χ4v) is 3.58. The molecule has 1 aromatic rings. The number of nitrogens with two attached hydrogens (primary N) is 1. The summed E-state index contributed by atoms with van der Waals surface area (Å²) in [6.45, 7) is 14.1. The zero-order valence-electron chi connectivity index (χ0n) is 16.9. The molecule has 0 radical (unpaired) electrons. The maximum Gasteiger partial charge on any atom is 0.0372 e. The van der Waals surface area contributed by atoms with Gasteiger partial charge in [-0.15, -0.1) is 0 Å². The van der Waals surface area contributed by atoms with Crippen LogP contribution in [0, 0.1) is 11.8 Å². The van der Waals surface area contributed by atoms with E-state index < -0.39 is 0 Å². The van der Waals surface area contributed by atoms with Crippen LogP contribution in [0.1, 0.15) is 80.1 Å². The Kier molecular flexibility index (Phi) is 9.25. The summed E-state index contributed by atoms with van der Waals surface area (Å²) in [5, 5.41) is 0. The minimum atomic E-state index is 0.609. The molecule has 1 rings (SSSR count). The second-order valence-corrected chi connectivity index (χ2v) is 7.62. The minimum absolute atomic E-state index is 0.609. The molecule has 2 heteroatoms. The van der Waals surface area contributed by atoms with Crippen LogP contribution in [0.2, 0.25) is 0 Å². The fourth-order valence-electron chi connectivity index (χ4n) is 3.58. The van der Waals surface area contributed by atoms with E-state index in [4.69, 9.17) is 5.73 Å². The Labute approximate surface area is 150 Å². The quantitative estimate of drug-likeness (QED) is 0.468. The van der Waals surface area contributed by atoms with Gasteiger partial charge in [0.2, 0.25) is 0 Å². The molecule has 4 unspecified atom stereocenters. The maximum absolute atomic E-state index is 5.93. The topological polar surface area (TPSA) is 29.3 Å². The van der Waals surface area contributed by atoms with Crippen molar-refractivity contribution in [1.82, 2.24) is 0 Å². The van der Waals surface area contributed by atoms with Crippen molar-refractivity contribution < 1.29 is 0 Å². The van der Waals surface area contributed by atoms with Crippen LogP contribution in [0.15, 0.2) is 24.3 Å². The summed E-state index contributed by atoms with van der Waals surface area (Å²) in [5.74, 6) is 1.54. The third-order valence-corrected chi connectivity index (χ3v) is 5.66. The predicted molar refractivity (Wildman–Crippen MR) is 110 cm³/mol. The highest BCUT2D eigenvalue weighted by Gasteiger charge is 2.26. The molecule has 0 saturated carbocycles. The number of hydrogen-bond acceptors (Lipinski definition) is 2. The number of nitrogens with zero attached hydrogens (tertiary/aromatic N) is 1. The maximum atomic E-state index is 5.93. The molecular formula is C22H40N2. The van der Waals surface area contributed by atoms with E-state index in [0.717, 1.165) is 17.5 Å². The van der Waals surface area contributed by atoms with Crippen LogP contribution in [0.5, 0.6) is 0 Å². The van der Waals surface area contributed by atoms with Gasteiger partial charge in [0, 0.05) is 23.5 Å². The monoisotopic (exact) mass is 332 g/mol. The SMILES string of the molecule is CCC(C)CC(CC)N(c1ccc(N)cc1)C(CC)CC(C)CC. The van der Waals surface area contributed by atoms with Crippen molar-refractivity contribution in [2.45, 2.75) is 92.2 Å². The number of hydrogen-bond donors (Lipinski definition) is 1. The Morgan fingerprint density at radius 3 is 1.50 bits per heavy atom. The van der Waals surface area contributed by atoms with Gasteiger partial charge in [-0.2, -0.15) is 0 Å². The van der Waals surface area contributed by atoms with Gasteiger partial charge in [0.25, 0.3) is 0 Å². The highest BCUT2D eigenvalue weighted by molar-refractivity contribution is 5.54. The van der Waals surface area contributed by atoms with Crippen LogP contribution in [-0.4, -0.2) is 12.1 Å². The van der Waals surface area contributed by atoms with Crippen molar-refractivity contribution in [2.75, 3.05) is 10.6 Å². The highest BCUT2D eigenvalue weighted by Crippen LogP contribution is 2.31. The highest BCUT2D eigenvalue weighted by atomic mass is 15.2. The first-order valence-electron chi connectivity index (χ1n) is 10.1. The number of rotatable bonds is 11. The fraction of sp³-hybridized carbons (Fsp3) is 0.727. The Morgan fingerprint density at radius 1 is 0.750 bits per heavy atom. The van der Waals surface area contributed by atoms with Crippen molar-refractivity contribution >= 4 is 11.4 Å². The van der Waals surface area contributed by atoms with Gasteiger partial charge in [0.1, 0.15) is 0 Å². The average molecular weight is 333 g/mol. The molecule has 0 aliphatic rings. The van der Waals surface area contributed by atoms with E-state index in [2.05, 4.69) is 58.6 Å². The molecule has 0 aliphatic heterocycles. The predicted octanol–water partition coefficient (Wildman–Crippen LogP) is 6.50. The molecule has 24 heavy (non-hydrogen) atoms. The van der Waals surface area contributed by atoms with Crippen LogP contribution in [0.4, 0.5) is 11.4 Å². The van der Waals surface area contributed by atoms with Gasteiger partial charge in [0.05, 0.1) is 0 Å². The molecule has 0 amide bonds. The molecule has 0 heterocycles. The van der Waals surface area contributed by atoms with Crippen molar-refractivity contribution in [3.63, 3.8) is 0 Å². The summed E-state index contributed by atoms with van der Waals surface area (Å²) in [5.41, 5.74) is 8.12. The third kappa shape index (κ3) is 6.03. The van der Waals surface area contributed by atoms with Crippen LogP contribution in [0.3, 0.4) is 0 Å². The second-order valence-electron chi connectivity index (χ2n) is 7.62. The molecule has 0 aliphatic carbocycles. The van der Waals surface area contributed by atoms with Crippen LogP contribution in [0.25, 0.3) is 0 Å². The zero-order valence-corrected chi connectivity index (χ0v) is 16.9. The Morgan fingerprint density at radius 2 is 1.17 bits per heavy atom. The normalized spacial score (nSPS) is 16.4. The number of nitrogen functional groups attached to an aromatic ring is 1. The van der Waals surface area contributed by atoms with E-state index in [1.165, 1.54) is 44.2 Å². The smallest absolute Gasteiger partial charge is 0.0372 e. The summed E-state index contributed by atoms with van der Waals surface area (Å²) in [6.07, 6.45) is 7.46. The van der Waals surface area contributed by atoms with Crippen LogP contribution in [-0.2, 0) is 0 Å². The molecule has 138 valence electrons. The molecule has 0 fully saturated rings. The van der Waals surface area contributed by atoms with Gasteiger partial charge in [-0.3, -0.25) is 0 Å². The van der Waals surface area contributed by atoms with Gasteiger partial charge in [-0.05, 0) is 61.8 Å². The van der Waals surface area contributed by atoms with E-state index in [1.807, 2.05) is 12.1 Å².